The van der Waals surface area contributed by atoms with Crippen molar-refractivity contribution < 1.29 is 26.3 Å². The van der Waals surface area contributed by atoms with Gasteiger partial charge in [0.15, 0.2) is 17.5 Å². The highest BCUT2D eigenvalue weighted by atomic mass is 19.4. The lowest BCUT2D eigenvalue weighted by Gasteiger charge is -2.38. The molecule has 4 heterocycles. The van der Waals surface area contributed by atoms with E-state index < -0.39 is 28.9 Å². The summed E-state index contributed by atoms with van der Waals surface area (Å²) in [6, 6.07) is 89.3. The summed E-state index contributed by atoms with van der Waals surface area (Å²) in [7, 11) is 0. The molecule has 0 saturated carbocycles. The van der Waals surface area contributed by atoms with Gasteiger partial charge in [-0.25, -0.2) is 15.0 Å². The number of aromatic nitrogens is 6. The van der Waals surface area contributed by atoms with Gasteiger partial charge in [-0.1, -0.05) is 194 Å². The average molecular weight is 1180 g/mol. The lowest BCUT2D eigenvalue weighted by Crippen LogP contribution is -2.54. The Hall–Kier alpha value is -11.4. The molecular weight excluding hydrogens is 1130 g/mol. The number of alkyl halides is 6. The van der Waals surface area contributed by atoms with Crippen LogP contribution in [0, 0.1) is 0 Å². The van der Waals surface area contributed by atoms with Crippen LogP contribution < -0.4 is 0 Å². The zero-order chi connectivity index (χ0) is 60.9. The Balaban J connectivity index is 0.838. The second kappa shape index (κ2) is 20.9. The lowest BCUT2D eigenvalue weighted by atomic mass is 9.72. The van der Waals surface area contributed by atoms with Gasteiger partial charge in [-0.05, 0) is 130 Å². The summed E-state index contributed by atoms with van der Waals surface area (Å²) in [4.78, 5) is 14.0. The average Bonchev–Trinajstić information content (AvgIpc) is 0.799. The van der Waals surface area contributed by atoms with Crippen molar-refractivity contribution in [2.75, 3.05) is 0 Å². The molecule has 0 saturated heterocycles. The second-order valence-electron chi connectivity index (χ2n) is 22.5. The molecule has 0 aliphatic heterocycles. The monoisotopic (exact) mass is 1180 g/mol. The first-order valence-corrected chi connectivity index (χ1v) is 29.4. The first-order chi connectivity index (χ1) is 43.9. The fourth-order valence-corrected chi connectivity index (χ4v) is 13.3. The molecule has 0 bridgehead atoms. The van der Waals surface area contributed by atoms with E-state index in [1.807, 2.05) is 126 Å². The van der Waals surface area contributed by atoms with Crippen molar-refractivity contribution in [3.8, 4) is 73.5 Å². The number of para-hydroxylation sites is 4. The Morgan fingerprint density at radius 2 is 0.478 bits per heavy atom. The minimum absolute atomic E-state index is 0.0788. The number of benzene rings is 12. The molecule has 4 aromatic heterocycles. The van der Waals surface area contributed by atoms with Gasteiger partial charge in [0.25, 0.3) is 0 Å². The summed E-state index contributed by atoms with van der Waals surface area (Å²) in [5.74, 6) is 0.654. The standard InChI is InChI=1S/C78H48F6N6/c79-77(80,81)76(78(82,83)84,56-35-29-51(30-36-56)75-86-73(49-17-5-1-6-18-49)85-74(87-75)50-19-7-2-8-20-50)57-37-39-60(40-38-57)90-71-43-33-54(52-31-41-69-63(45-52)61-25-13-15-27-67(61)88(69)58-21-9-3-10-22-58)47-65(71)66-48-55(34-44-72(66)90)53-32-42-70-64(46-53)62-26-14-16-28-68(62)89(70)59-23-11-4-12-24-59/h1-48H. The molecule has 16 rings (SSSR count). The van der Waals surface area contributed by atoms with Crippen LogP contribution in [-0.4, -0.2) is 41.0 Å². The summed E-state index contributed by atoms with van der Waals surface area (Å²) in [5, 5.41) is 6.02. The van der Waals surface area contributed by atoms with E-state index in [1.54, 1.807) is 24.3 Å². The van der Waals surface area contributed by atoms with E-state index in [1.165, 1.54) is 24.3 Å². The van der Waals surface area contributed by atoms with Crippen molar-refractivity contribution in [2.45, 2.75) is 17.8 Å². The zero-order valence-corrected chi connectivity index (χ0v) is 47.7. The molecule has 0 atom stereocenters. The summed E-state index contributed by atoms with van der Waals surface area (Å²) in [6.45, 7) is 0. The van der Waals surface area contributed by atoms with Crippen LogP contribution in [-0.2, 0) is 5.41 Å². The third kappa shape index (κ3) is 8.69. The van der Waals surface area contributed by atoms with Gasteiger partial charge in [0.1, 0.15) is 0 Å². The van der Waals surface area contributed by atoms with E-state index in [4.69, 9.17) is 0 Å². The molecule has 0 spiro atoms. The van der Waals surface area contributed by atoms with Crippen molar-refractivity contribution in [3.05, 3.63) is 302 Å². The van der Waals surface area contributed by atoms with Gasteiger partial charge in [-0.15, -0.1) is 0 Å². The molecule has 6 nitrogen and oxygen atoms in total. The van der Waals surface area contributed by atoms with E-state index >= 15 is 26.3 Å². The third-order valence-electron chi connectivity index (χ3n) is 17.5. The molecule has 12 aromatic carbocycles. The Morgan fingerprint density at radius 3 is 0.822 bits per heavy atom. The van der Waals surface area contributed by atoms with Crippen molar-refractivity contribution in [2.24, 2.45) is 0 Å². The smallest absolute Gasteiger partial charge is 0.309 e. The Morgan fingerprint density at radius 1 is 0.222 bits per heavy atom. The molecule has 0 aliphatic carbocycles. The molecule has 0 aliphatic rings. The van der Waals surface area contributed by atoms with E-state index in [0.29, 0.717) is 27.8 Å². The van der Waals surface area contributed by atoms with Gasteiger partial charge in [-0.2, -0.15) is 26.3 Å². The number of hydrogen-bond acceptors (Lipinski definition) is 3. The molecule has 0 fully saturated rings. The van der Waals surface area contributed by atoms with Crippen LogP contribution in [0.5, 0.6) is 0 Å². The van der Waals surface area contributed by atoms with Gasteiger partial charge in [0.2, 0.25) is 5.41 Å². The number of nitrogens with zero attached hydrogens (tertiary/aromatic N) is 6. The first-order valence-electron chi connectivity index (χ1n) is 29.4. The van der Waals surface area contributed by atoms with Crippen LogP contribution in [0.1, 0.15) is 11.1 Å². The number of hydrogen-bond donors (Lipinski definition) is 0. The van der Waals surface area contributed by atoms with Crippen molar-refractivity contribution >= 4 is 65.4 Å². The number of rotatable bonds is 10. The Kier molecular flexibility index (Phi) is 12.6. The second-order valence-corrected chi connectivity index (χ2v) is 22.5. The van der Waals surface area contributed by atoms with Crippen molar-refractivity contribution in [3.63, 3.8) is 0 Å². The molecule has 90 heavy (non-hydrogen) atoms. The first kappa shape index (κ1) is 54.1. The summed E-state index contributed by atoms with van der Waals surface area (Å²) < 4.78 is 103. The topological polar surface area (TPSA) is 53.5 Å². The van der Waals surface area contributed by atoms with Gasteiger partial charge < -0.3 is 13.7 Å². The summed E-state index contributed by atoms with van der Waals surface area (Å²) in [6.07, 6.45) is -11.7. The maximum Gasteiger partial charge on any atom is 0.411 e. The summed E-state index contributed by atoms with van der Waals surface area (Å²) in [5.41, 5.74) is 6.95. The molecule has 0 amide bonds. The maximum absolute atomic E-state index is 16.0. The minimum Gasteiger partial charge on any atom is -0.309 e. The van der Waals surface area contributed by atoms with E-state index in [-0.39, 0.29) is 23.0 Å². The van der Waals surface area contributed by atoms with Gasteiger partial charge in [0.05, 0.1) is 33.1 Å². The fourth-order valence-electron chi connectivity index (χ4n) is 13.3. The Bertz CT molecular complexity index is 5140. The van der Waals surface area contributed by atoms with E-state index in [2.05, 4.69) is 121 Å². The minimum atomic E-state index is -5.85. The molecule has 0 N–H and O–H groups in total. The predicted molar refractivity (Wildman–Crippen MR) is 349 cm³/mol. The molecule has 16 aromatic rings. The number of halogens is 6. The van der Waals surface area contributed by atoms with Gasteiger partial charge in [0, 0.05) is 66.1 Å². The molecule has 432 valence electrons. The highest BCUT2D eigenvalue weighted by molar-refractivity contribution is 6.14. The van der Waals surface area contributed by atoms with Crippen molar-refractivity contribution in [1.29, 1.82) is 0 Å². The highest BCUT2D eigenvalue weighted by Crippen LogP contribution is 2.57. The predicted octanol–water partition coefficient (Wildman–Crippen LogP) is 20.9. The number of fused-ring (bicyclic) bond motifs is 9. The zero-order valence-electron chi connectivity index (χ0n) is 47.7. The SMILES string of the molecule is FC(F)(F)C(c1ccc(-c2nc(-c3ccccc3)nc(-c3ccccc3)n2)cc1)(c1ccc(-n2c3ccc(-c4ccc5c(c4)c4ccccc4n5-c4ccccc4)cc3c3cc(-c4ccc5c(c4)c4ccccc4n5-c4ccccc4)ccc32)cc1)C(F)(F)F. The van der Waals surface area contributed by atoms with Crippen LogP contribution in [0.25, 0.3) is 139 Å². The normalized spacial score (nSPS) is 12.3. The quantitative estimate of drug-likeness (QED) is 0.128. The Labute approximate surface area is 511 Å². The summed E-state index contributed by atoms with van der Waals surface area (Å²) >= 11 is 0. The molecule has 12 heteroatoms. The molecule has 0 radical (unpaired) electrons. The van der Waals surface area contributed by atoms with Crippen LogP contribution in [0.3, 0.4) is 0 Å². The van der Waals surface area contributed by atoms with Crippen LogP contribution in [0.4, 0.5) is 26.3 Å². The van der Waals surface area contributed by atoms with Crippen LogP contribution >= 0.6 is 0 Å². The largest absolute Gasteiger partial charge is 0.411 e. The molecule has 0 unspecified atom stereocenters. The van der Waals surface area contributed by atoms with Gasteiger partial charge >= 0.3 is 12.4 Å². The third-order valence-corrected chi connectivity index (χ3v) is 17.5. The van der Waals surface area contributed by atoms with E-state index in [9.17, 15) is 0 Å². The van der Waals surface area contributed by atoms with Gasteiger partial charge in [-0.3, -0.25) is 0 Å². The molecular formula is C78H48F6N6. The lowest BCUT2D eigenvalue weighted by molar-refractivity contribution is -0.288. The van der Waals surface area contributed by atoms with E-state index in [0.717, 1.165) is 112 Å². The fraction of sp³-hybridized carbons (Fsp3) is 0.0385. The van der Waals surface area contributed by atoms with Crippen LogP contribution in [0.2, 0.25) is 0 Å². The highest BCUT2D eigenvalue weighted by Gasteiger charge is 2.72. The van der Waals surface area contributed by atoms with Crippen LogP contribution in [0.15, 0.2) is 291 Å². The van der Waals surface area contributed by atoms with Crippen molar-refractivity contribution in [1.82, 2.24) is 28.7 Å². The maximum atomic E-state index is 16.0.